The average molecular weight is 387 g/mol. The molecular formula is C17H17N5O2S2. The summed E-state index contributed by atoms with van der Waals surface area (Å²) in [5.41, 5.74) is 1.63. The van der Waals surface area contributed by atoms with Crippen molar-refractivity contribution in [2.45, 2.75) is 36.2 Å². The van der Waals surface area contributed by atoms with Crippen molar-refractivity contribution in [2.24, 2.45) is 0 Å². The molecule has 0 aliphatic heterocycles. The molecule has 1 aliphatic carbocycles. The number of anilines is 1. The first-order valence-corrected chi connectivity index (χ1v) is 10.0. The molecule has 1 atom stereocenters. The van der Waals surface area contributed by atoms with Crippen LogP contribution in [0.1, 0.15) is 25.8 Å². The molecule has 134 valence electrons. The Kier molecular flexibility index (Phi) is 4.64. The molecule has 9 heteroatoms. The van der Waals surface area contributed by atoms with Crippen LogP contribution in [0.25, 0.3) is 11.3 Å². The summed E-state index contributed by atoms with van der Waals surface area (Å²) in [6.45, 7) is 1.79. The van der Waals surface area contributed by atoms with Gasteiger partial charge in [0.2, 0.25) is 5.91 Å². The molecule has 0 saturated heterocycles. The molecule has 2 aromatic heterocycles. The first kappa shape index (κ1) is 17.0. The van der Waals surface area contributed by atoms with Crippen molar-refractivity contribution in [3.05, 3.63) is 46.2 Å². The van der Waals surface area contributed by atoms with E-state index in [2.05, 4.69) is 20.5 Å². The minimum Gasteiger partial charge on any atom is -0.301 e. The van der Waals surface area contributed by atoms with E-state index in [-0.39, 0.29) is 17.6 Å². The molecule has 0 radical (unpaired) electrons. The largest absolute Gasteiger partial charge is 0.344 e. The van der Waals surface area contributed by atoms with Gasteiger partial charge in [-0.3, -0.25) is 9.36 Å². The van der Waals surface area contributed by atoms with Gasteiger partial charge in [0.25, 0.3) is 0 Å². The number of carbonyl (C=O) groups is 1. The Bertz CT molecular complexity index is 974. The topological polar surface area (TPSA) is 92.7 Å². The second kappa shape index (κ2) is 7.08. The van der Waals surface area contributed by atoms with Gasteiger partial charge in [0, 0.05) is 17.0 Å². The summed E-state index contributed by atoms with van der Waals surface area (Å²) < 4.78 is 1.64. The van der Waals surface area contributed by atoms with Crippen molar-refractivity contribution < 1.29 is 4.79 Å². The van der Waals surface area contributed by atoms with Crippen LogP contribution in [0, 0.1) is 0 Å². The molecule has 3 aromatic rings. The lowest BCUT2D eigenvalue weighted by Crippen LogP contribution is -2.23. The van der Waals surface area contributed by atoms with Crippen molar-refractivity contribution in [2.75, 3.05) is 5.32 Å². The number of H-pyrrole nitrogens is 1. The van der Waals surface area contributed by atoms with E-state index in [9.17, 15) is 9.59 Å². The fraction of sp³-hybridized carbons (Fsp3) is 0.294. The highest BCUT2D eigenvalue weighted by molar-refractivity contribution is 8.00. The van der Waals surface area contributed by atoms with Crippen LogP contribution in [0.4, 0.5) is 5.13 Å². The standard InChI is InChI=1S/C17H17N5O2S2/c1-10(26-17-21-20-16(24)22(17)12-7-8-12)14(23)19-15-18-13(9-25-15)11-5-3-2-4-6-11/h2-6,9-10,12H,7-8H2,1H3,(H,20,24)(H,18,19,23)/t10-/m1/s1. The maximum Gasteiger partial charge on any atom is 0.344 e. The Morgan fingerprint density at radius 2 is 2.15 bits per heavy atom. The highest BCUT2D eigenvalue weighted by Gasteiger charge is 2.30. The maximum absolute atomic E-state index is 12.5. The second-order valence-electron chi connectivity index (χ2n) is 6.07. The second-order valence-corrected chi connectivity index (χ2v) is 8.23. The lowest BCUT2D eigenvalue weighted by Gasteiger charge is -2.10. The zero-order chi connectivity index (χ0) is 18.1. The summed E-state index contributed by atoms with van der Waals surface area (Å²) in [6.07, 6.45) is 1.96. The number of nitrogens with one attached hydrogen (secondary N) is 2. The van der Waals surface area contributed by atoms with Crippen molar-refractivity contribution in [3.8, 4) is 11.3 Å². The third kappa shape index (κ3) is 3.58. The number of rotatable bonds is 6. The van der Waals surface area contributed by atoms with Gasteiger partial charge in [-0.15, -0.1) is 16.4 Å². The Morgan fingerprint density at radius 1 is 1.38 bits per heavy atom. The minimum absolute atomic E-state index is 0.165. The molecule has 2 N–H and O–H groups in total. The van der Waals surface area contributed by atoms with Crippen LogP contribution in [-0.4, -0.2) is 30.9 Å². The molecule has 0 spiro atoms. The van der Waals surface area contributed by atoms with Crippen molar-refractivity contribution in [1.82, 2.24) is 19.7 Å². The first-order chi connectivity index (χ1) is 12.6. The number of thiazole rings is 1. The van der Waals surface area contributed by atoms with E-state index in [1.807, 2.05) is 35.7 Å². The quantitative estimate of drug-likeness (QED) is 0.634. The molecular weight excluding hydrogens is 370 g/mol. The molecule has 4 rings (SSSR count). The zero-order valence-electron chi connectivity index (χ0n) is 14.0. The first-order valence-electron chi connectivity index (χ1n) is 8.27. The Labute approximate surface area is 157 Å². The fourth-order valence-electron chi connectivity index (χ4n) is 2.52. The number of hydrogen-bond acceptors (Lipinski definition) is 6. The van der Waals surface area contributed by atoms with E-state index in [4.69, 9.17) is 0 Å². The third-order valence-electron chi connectivity index (χ3n) is 4.04. The van der Waals surface area contributed by atoms with E-state index in [1.165, 1.54) is 23.1 Å². The van der Waals surface area contributed by atoms with Crippen LogP contribution in [0.3, 0.4) is 0 Å². The van der Waals surface area contributed by atoms with Gasteiger partial charge in [0.15, 0.2) is 10.3 Å². The van der Waals surface area contributed by atoms with Crippen LogP contribution in [0.5, 0.6) is 0 Å². The highest BCUT2D eigenvalue weighted by Crippen LogP contribution is 2.37. The van der Waals surface area contributed by atoms with E-state index in [1.54, 1.807) is 11.5 Å². The van der Waals surface area contributed by atoms with Gasteiger partial charge < -0.3 is 5.32 Å². The maximum atomic E-state index is 12.5. The van der Waals surface area contributed by atoms with Crippen molar-refractivity contribution >= 4 is 34.1 Å². The Morgan fingerprint density at radius 3 is 2.88 bits per heavy atom. The fourth-order valence-corrected chi connectivity index (χ4v) is 4.17. The molecule has 0 unspecified atom stereocenters. The van der Waals surface area contributed by atoms with Crippen LogP contribution in [0.2, 0.25) is 0 Å². The minimum atomic E-state index is -0.397. The molecule has 1 saturated carbocycles. The normalized spacial score (nSPS) is 15.0. The highest BCUT2D eigenvalue weighted by atomic mass is 32.2. The molecule has 7 nitrogen and oxygen atoms in total. The molecule has 1 aromatic carbocycles. The summed E-state index contributed by atoms with van der Waals surface area (Å²) in [6, 6.07) is 10.0. The van der Waals surface area contributed by atoms with Crippen LogP contribution in [0.15, 0.2) is 45.7 Å². The van der Waals surface area contributed by atoms with Crippen molar-refractivity contribution in [3.63, 3.8) is 0 Å². The van der Waals surface area contributed by atoms with Gasteiger partial charge >= 0.3 is 5.69 Å². The number of thioether (sulfide) groups is 1. The molecule has 1 amide bonds. The summed E-state index contributed by atoms with van der Waals surface area (Å²) in [5.74, 6) is -0.165. The van der Waals surface area contributed by atoms with Gasteiger partial charge in [0.05, 0.1) is 10.9 Å². The third-order valence-corrected chi connectivity index (χ3v) is 5.86. The predicted molar refractivity (Wildman–Crippen MR) is 103 cm³/mol. The lowest BCUT2D eigenvalue weighted by atomic mass is 10.2. The Balaban J connectivity index is 1.42. The van der Waals surface area contributed by atoms with E-state index >= 15 is 0 Å². The number of carbonyl (C=O) groups excluding carboxylic acids is 1. The Hall–Kier alpha value is -2.39. The lowest BCUT2D eigenvalue weighted by molar-refractivity contribution is -0.115. The van der Waals surface area contributed by atoms with Crippen molar-refractivity contribution in [1.29, 1.82) is 0 Å². The average Bonchev–Trinajstić information content (AvgIpc) is 3.26. The number of amides is 1. The van der Waals surface area contributed by atoms with Crippen LogP contribution in [-0.2, 0) is 4.79 Å². The molecule has 26 heavy (non-hydrogen) atoms. The number of benzene rings is 1. The van der Waals surface area contributed by atoms with Gasteiger partial charge in [-0.05, 0) is 19.8 Å². The van der Waals surface area contributed by atoms with Gasteiger partial charge in [-0.25, -0.2) is 14.9 Å². The summed E-state index contributed by atoms with van der Waals surface area (Å²) in [5, 5.41) is 12.0. The van der Waals surface area contributed by atoms with Gasteiger partial charge in [0.1, 0.15) is 0 Å². The number of hydrogen-bond donors (Lipinski definition) is 2. The van der Waals surface area contributed by atoms with E-state index < -0.39 is 5.25 Å². The molecule has 0 bridgehead atoms. The summed E-state index contributed by atoms with van der Waals surface area (Å²) >= 11 is 2.66. The van der Waals surface area contributed by atoms with Crippen LogP contribution < -0.4 is 11.0 Å². The zero-order valence-corrected chi connectivity index (χ0v) is 15.6. The SMILES string of the molecule is C[C@@H](Sc1n[nH]c(=O)n1C1CC1)C(=O)Nc1nc(-c2ccccc2)cs1. The molecule has 2 heterocycles. The summed E-state index contributed by atoms with van der Waals surface area (Å²) in [7, 11) is 0. The van der Waals surface area contributed by atoms with Crippen LogP contribution >= 0.6 is 23.1 Å². The predicted octanol–water partition coefficient (Wildman–Crippen LogP) is 3.15. The van der Waals surface area contributed by atoms with E-state index in [0.29, 0.717) is 10.3 Å². The monoisotopic (exact) mass is 387 g/mol. The molecule has 1 aliphatic rings. The number of nitrogens with zero attached hydrogens (tertiary/aromatic N) is 3. The number of aromatic nitrogens is 4. The summed E-state index contributed by atoms with van der Waals surface area (Å²) in [4.78, 5) is 28.8. The van der Waals surface area contributed by atoms with Gasteiger partial charge in [-0.1, -0.05) is 42.1 Å². The smallest absolute Gasteiger partial charge is 0.301 e. The molecule has 1 fully saturated rings. The van der Waals surface area contributed by atoms with E-state index in [0.717, 1.165) is 24.1 Å². The van der Waals surface area contributed by atoms with Gasteiger partial charge in [-0.2, -0.15) is 0 Å². The number of aromatic amines is 1.